The van der Waals surface area contributed by atoms with Crippen LogP contribution in [-0.2, 0) is 11.3 Å². The van der Waals surface area contributed by atoms with Crippen molar-refractivity contribution in [3.8, 4) is 0 Å². The van der Waals surface area contributed by atoms with E-state index in [1.807, 2.05) is 41.5 Å². The number of thiazole rings is 1. The van der Waals surface area contributed by atoms with Crippen molar-refractivity contribution in [2.45, 2.75) is 45.1 Å². The Kier molecular flexibility index (Phi) is 5.25. The monoisotopic (exact) mass is 383 g/mol. The van der Waals surface area contributed by atoms with Crippen LogP contribution < -0.4 is 5.32 Å². The molecule has 0 radical (unpaired) electrons. The van der Waals surface area contributed by atoms with E-state index in [0.717, 1.165) is 54.1 Å². The molecule has 27 heavy (non-hydrogen) atoms. The number of carbonyl (C=O) groups is 2. The second-order valence-corrected chi connectivity index (χ2v) is 8.52. The summed E-state index contributed by atoms with van der Waals surface area (Å²) >= 11 is 1.64. The number of aromatic nitrogens is 1. The molecule has 1 aromatic carbocycles. The molecule has 2 fully saturated rings. The summed E-state index contributed by atoms with van der Waals surface area (Å²) in [6, 6.07) is 7.78. The average Bonchev–Trinajstić information content (AvgIpc) is 3.44. The molecule has 6 heteroatoms. The normalized spacial score (nSPS) is 19.7. The number of rotatable bonds is 5. The number of hydrogen-bond donors (Lipinski definition) is 1. The molecule has 1 aliphatic heterocycles. The maximum absolute atomic E-state index is 12.8. The van der Waals surface area contributed by atoms with Crippen LogP contribution in [0.4, 0.5) is 0 Å². The van der Waals surface area contributed by atoms with Crippen LogP contribution in [0.1, 0.15) is 58.2 Å². The Morgan fingerprint density at radius 1 is 1.22 bits per heavy atom. The third-order valence-electron chi connectivity index (χ3n) is 5.32. The van der Waals surface area contributed by atoms with Crippen molar-refractivity contribution in [1.82, 2.24) is 15.2 Å². The van der Waals surface area contributed by atoms with Crippen molar-refractivity contribution in [2.75, 3.05) is 13.1 Å². The van der Waals surface area contributed by atoms with Gasteiger partial charge in [0, 0.05) is 35.9 Å². The number of carbonyl (C=O) groups excluding carboxylic acids is 2. The van der Waals surface area contributed by atoms with Crippen LogP contribution in [0, 0.1) is 12.8 Å². The predicted octanol–water partition coefficient (Wildman–Crippen LogP) is 3.50. The molecule has 0 spiro atoms. The summed E-state index contributed by atoms with van der Waals surface area (Å²) in [7, 11) is 0. The van der Waals surface area contributed by atoms with Crippen LogP contribution in [0.25, 0.3) is 0 Å². The Labute approximate surface area is 163 Å². The van der Waals surface area contributed by atoms with E-state index in [0.29, 0.717) is 13.1 Å². The van der Waals surface area contributed by atoms with Crippen LogP contribution in [0.3, 0.4) is 0 Å². The molecular formula is C21H25N3O2S. The van der Waals surface area contributed by atoms with Crippen molar-refractivity contribution < 1.29 is 9.59 Å². The molecule has 1 aromatic heterocycles. The van der Waals surface area contributed by atoms with Crippen LogP contribution in [0.5, 0.6) is 0 Å². The Morgan fingerprint density at radius 2 is 2.00 bits per heavy atom. The van der Waals surface area contributed by atoms with Gasteiger partial charge in [0.2, 0.25) is 5.91 Å². The number of hydrogen-bond acceptors (Lipinski definition) is 4. The number of piperidine rings is 1. The Balaban J connectivity index is 1.37. The van der Waals surface area contributed by atoms with Gasteiger partial charge >= 0.3 is 0 Å². The summed E-state index contributed by atoms with van der Waals surface area (Å²) in [5.74, 6) is 0.763. The van der Waals surface area contributed by atoms with Crippen molar-refractivity contribution in [1.29, 1.82) is 0 Å². The van der Waals surface area contributed by atoms with E-state index in [9.17, 15) is 9.59 Å². The van der Waals surface area contributed by atoms with Crippen molar-refractivity contribution in [3.05, 3.63) is 51.5 Å². The molecule has 4 rings (SSSR count). The van der Waals surface area contributed by atoms with Crippen molar-refractivity contribution >= 4 is 23.2 Å². The van der Waals surface area contributed by atoms with Gasteiger partial charge in [-0.15, -0.1) is 11.3 Å². The number of nitrogens with zero attached hydrogens (tertiary/aromatic N) is 2. The zero-order valence-electron chi connectivity index (χ0n) is 15.6. The highest BCUT2D eigenvalue weighted by molar-refractivity contribution is 7.09. The van der Waals surface area contributed by atoms with Gasteiger partial charge in [0.05, 0.1) is 17.2 Å². The van der Waals surface area contributed by atoms with E-state index in [-0.39, 0.29) is 23.7 Å². The fourth-order valence-electron chi connectivity index (χ4n) is 3.50. The van der Waals surface area contributed by atoms with Gasteiger partial charge in [0.1, 0.15) is 0 Å². The maximum atomic E-state index is 12.8. The fourth-order valence-corrected chi connectivity index (χ4v) is 4.45. The minimum Gasteiger partial charge on any atom is -0.350 e. The molecule has 0 bridgehead atoms. The second kappa shape index (κ2) is 7.80. The summed E-state index contributed by atoms with van der Waals surface area (Å²) in [6.07, 6.45) is 4.08. The molecule has 2 aromatic rings. The van der Waals surface area contributed by atoms with Gasteiger partial charge in [-0.05, 0) is 44.7 Å². The fraction of sp³-hybridized carbons (Fsp3) is 0.476. The maximum Gasteiger partial charge on any atom is 0.253 e. The predicted molar refractivity (Wildman–Crippen MR) is 106 cm³/mol. The molecule has 5 nitrogen and oxygen atoms in total. The van der Waals surface area contributed by atoms with E-state index in [1.165, 1.54) is 0 Å². The molecule has 1 saturated carbocycles. The average molecular weight is 384 g/mol. The molecule has 1 atom stereocenters. The van der Waals surface area contributed by atoms with E-state index in [4.69, 9.17) is 4.98 Å². The van der Waals surface area contributed by atoms with Gasteiger partial charge in [-0.2, -0.15) is 0 Å². The summed E-state index contributed by atoms with van der Waals surface area (Å²) in [4.78, 5) is 31.3. The Hall–Kier alpha value is -2.21. The standard InChI is InChI=1S/C21H25N3O2S/c1-14-4-6-16(7-5-14)21(26)24-10-2-3-17(12-24)20-23-18(13-27-20)11-22-19(25)15-8-9-15/h4-7,13,15,17H,2-3,8-12H2,1H3,(H,22,25)/t17-/m1/s1. The molecule has 0 unspecified atom stereocenters. The zero-order chi connectivity index (χ0) is 18.8. The SMILES string of the molecule is Cc1ccc(C(=O)N2CCC[C@@H](c3nc(CNC(=O)C4CC4)cs3)C2)cc1. The van der Waals surface area contributed by atoms with Gasteiger partial charge in [-0.25, -0.2) is 4.98 Å². The highest BCUT2D eigenvalue weighted by Gasteiger charge is 2.30. The summed E-state index contributed by atoms with van der Waals surface area (Å²) in [5, 5.41) is 6.08. The van der Waals surface area contributed by atoms with Crippen LogP contribution in [0.15, 0.2) is 29.6 Å². The van der Waals surface area contributed by atoms with E-state index in [2.05, 4.69) is 5.32 Å². The van der Waals surface area contributed by atoms with Gasteiger partial charge < -0.3 is 10.2 Å². The van der Waals surface area contributed by atoms with Crippen LogP contribution in [0.2, 0.25) is 0 Å². The lowest BCUT2D eigenvalue weighted by Gasteiger charge is -2.32. The summed E-state index contributed by atoms with van der Waals surface area (Å²) in [5.41, 5.74) is 2.84. The third kappa shape index (κ3) is 4.38. The zero-order valence-corrected chi connectivity index (χ0v) is 16.4. The van der Waals surface area contributed by atoms with Gasteiger partial charge in [-0.3, -0.25) is 9.59 Å². The van der Waals surface area contributed by atoms with E-state index < -0.39 is 0 Å². The van der Waals surface area contributed by atoms with Crippen LogP contribution in [-0.4, -0.2) is 34.8 Å². The van der Waals surface area contributed by atoms with Gasteiger partial charge in [0.25, 0.3) is 5.91 Å². The lowest BCUT2D eigenvalue weighted by molar-refractivity contribution is -0.122. The number of aryl methyl sites for hydroxylation is 1. The van der Waals surface area contributed by atoms with E-state index >= 15 is 0 Å². The first-order valence-corrected chi connectivity index (χ1v) is 10.6. The Morgan fingerprint density at radius 3 is 2.74 bits per heavy atom. The van der Waals surface area contributed by atoms with Crippen molar-refractivity contribution in [3.63, 3.8) is 0 Å². The first kappa shape index (κ1) is 18.2. The largest absolute Gasteiger partial charge is 0.350 e. The van der Waals surface area contributed by atoms with Crippen molar-refractivity contribution in [2.24, 2.45) is 5.92 Å². The molecule has 2 heterocycles. The van der Waals surface area contributed by atoms with E-state index in [1.54, 1.807) is 11.3 Å². The first-order chi connectivity index (χ1) is 13.1. The number of likely N-dealkylation sites (tertiary alicyclic amines) is 1. The molecule has 2 amide bonds. The minimum absolute atomic E-state index is 0.105. The van der Waals surface area contributed by atoms with Gasteiger partial charge in [0.15, 0.2) is 0 Å². The van der Waals surface area contributed by atoms with Gasteiger partial charge in [-0.1, -0.05) is 17.7 Å². The molecule has 1 aliphatic carbocycles. The molecule has 142 valence electrons. The highest BCUT2D eigenvalue weighted by Crippen LogP contribution is 2.31. The first-order valence-electron chi connectivity index (χ1n) is 9.68. The quantitative estimate of drug-likeness (QED) is 0.860. The summed E-state index contributed by atoms with van der Waals surface area (Å²) < 4.78 is 0. The minimum atomic E-state index is 0.105. The smallest absolute Gasteiger partial charge is 0.253 e. The molecule has 1 N–H and O–H groups in total. The lowest BCUT2D eigenvalue weighted by Crippen LogP contribution is -2.39. The highest BCUT2D eigenvalue weighted by atomic mass is 32.1. The number of benzene rings is 1. The lowest BCUT2D eigenvalue weighted by atomic mass is 9.98. The second-order valence-electron chi connectivity index (χ2n) is 7.63. The third-order valence-corrected chi connectivity index (χ3v) is 6.37. The van der Waals surface area contributed by atoms with Crippen LogP contribution >= 0.6 is 11.3 Å². The molecule has 1 saturated heterocycles. The molecule has 2 aliphatic rings. The number of amides is 2. The molecular weight excluding hydrogens is 358 g/mol. The number of nitrogens with one attached hydrogen (secondary N) is 1. The Bertz CT molecular complexity index is 826. The summed E-state index contributed by atoms with van der Waals surface area (Å²) in [6.45, 7) is 4.05. The topological polar surface area (TPSA) is 62.3 Å².